The number of rotatable bonds is 5. The molecule has 1 aliphatic heterocycles. The van der Waals surface area contributed by atoms with Crippen LogP contribution in [0.4, 0.5) is 5.69 Å². The van der Waals surface area contributed by atoms with Crippen molar-refractivity contribution in [1.82, 2.24) is 0 Å². The van der Waals surface area contributed by atoms with E-state index in [0.29, 0.717) is 12.3 Å². The molecule has 0 aliphatic carbocycles. The van der Waals surface area contributed by atoms with E-state index in [-0.39, 0.29) is 17.7 Å². The molecule has 32 heavy (non-hydrogen) atoms. The number of nitrogens with zero attached hydrogens (tertiary/aromatic N) is 1. The maximum atomic E-state index is 13.6. The Morgan fingerprint density at radius 3 is 2.50 bits per heavy atom. The van der Waals surface area contributed by atoms with Crippen LogP contribution >= 0.6 is 0 Å². The minimum atomic E-state index is -0.919. The van der Waals surface area contributed by atoms with Crippen molar-refractivity contribution in [2.75, 3.05) is 18.6 Å². The van der Waals surface area contributed by atoms with Crippen LogP contribution in [-0.2, 0) is 14.3 Å². The zero-order valence-electron chi connectivity index (χ0n) is 18.9. The zero-order chi connectivity index (χ0) is 22.9. The van der Waals surface area contributed by atoms with Crippen molar-refractivity contribution in [2.24, 2.45) is 5.41 Å². The topological polar surface area (TPSA) is 55.8 Å². The van der Waals surface area contributed by atoms with E-state index >= 15 is 0 Å². The summed E-state index contributed by atoms with van der Waals surface area (Å²) < 4.78 is 11.9. The first kappa shape index (κ1) is 22.0. The molecule has 0 saturated carbocycles. The molecule has 0 saturated heterocycles. The highest BCUT2D eigenvalue weighted by Gasteiger charge is 2.38. The second-order valence-electron chi connectivity index (χ2n) is 9.33. The molecule has 0 aromatic heterocycles. The van der Waals surface area contributed by atoms with E-state index in [2.05, 4.69) is 32.9 Å². The molecule has 4 rings (SSSR count). The monoisotopic (exact) mass is 430 g/mol. The minimum absolute atomic E-state index is 0.119. The lowest BCUT2D eigenvalue weighted by molar-refractivity contribution is -0.131. The van der Waals surface area contributed by atoms with E-state index < -0.39 is 12.2 Å². The lowest BCUT2D eigenvalue weighted by Crippen LogP contribution is -2.43. The molecule has 0 bridgehead atoms. The number of benzene rings is 3. The fourth-order valence-electron chi connectivity index (χ4n) is 4.27. The summed E-state index contributed by atoms with van der Waals surface area (Å²) in [6, 6.07) is 19.8. The van der Waals surface area contributed by atoms with Gasteiger partial charge in [-0.15, -0.1) is 0 Å². The third-order valence-corrected chi connectivity index (χ3v) is 5.66. The van der Waals surface area contributed by atoms with E-state index in [9.17, 15) is 9.59 Å². The molecule has 0 N–H and O–H groups in total. The minimum Gasteiger partial charge on any atom is -0.497 e. The van der Waals surface area contributed by atoms with Crippen molar-refractivity contribution in [1.29, 1.82) is 0 Å². The molecule has 1 radical (unpaired) electrons. The molecule has 165 valence electrons. The van der Waals surface area contributed by atoms with Gasteiger partial charge in [0.1, 0.15) is 18.0 Å². The quantitative estimate of drug-likeness (QED) is 0.557. The summed E-state index contributed by atoms with van der Waals surface area (Å²) in [6.45, 7) is 6.74. The van der Waals surface area contributed by atoms with Gasteiger partial charge in [0.05, 0.1) is 12.8 Å². The number of anilines is 1. The third-order valence-electron chi connectivity index (χ3n) is 5.66. The number of fused-ring (bicyclic) bond motifs is 2. The van der Waals surface area contributed by atoms with Gasteiger partial charge in [-0.25, -0.2) is 0 Å². The van der Waals surface area contributed by atoms with Crippen LogP contribution in [0.15, 0.2) is 60.7 Å². The molecule has 5 heteroatoms. The predicted octanol–water partition coefficient (Wildman–Crippen LogP) is 5.22. The summed E-state index contributed by atoms with van der Waals surface area (Å²) in [7, 11) is 1.62. The van der Waals surface area contributed by atoms with Gasteiger partial charge < -0.3 is 14.4 Å². The van der Waals surface area contributed by atoms with Crippen molar-refractivity contribution in [3.05, 3.63) is 71.8 Å². The molecule has 3 aromatic rings. The van der Waals surface area contributed by atoms with Crippen LogP contribution < -0.4 is 9.64 Å². The molecule has 1 heterocycles. The van der Waals surface area contributed by atoms with Gasteiger partial charge in [-0.05, 0) is 39.9 Å². The Balaban J connectivity index is 1.97. The summed E-state index contributed by atoms with van der Waals surface area (Å²) in [5.41, 5.74) is 2.41. The molecule has 5 nitrogen and oxygen atoms in total. The largest absolute Gasteiger partial charge is 0.497 e. The van der Waals surface area contributed by atoms with Crippen molar-refractivity contribution in [3.8, 4) is 5.75 Å². The van der Waals surface area contributed by atoms with E-state index in [1.807, 2.05) is 54.8 Å². The van der Waals surface area contributed by atoms with Crippen LogP contribution in [0.2, 0.25) is 0 Å². The lowest BCUT2D eigenvalue weighted by Gasteiger charge is -2.31. The first-order valence-electron chi connectivity index (χ1n) is 10.8. The molecule has 1 aliphatic rings. The third kappa shape index (κ3) is 4.26. The van der Waals surface area contributed by atoms with E-state index in [1.54, 1.807) is 12.0 Å². The highest BCUT2D eigenvalue weighted by molar-refractivity contribution is 5.99. The summed E-state index contributed by atoms with van der Waals surface area (Å²) in [5, 5.41) is 2.12. The van der Waals surface area contributed by atoms with Crippen LogP contribution in [0.25, 0.3) is 10.8 Å². The van der Waals surface area contributed by atoms with Crippen molar-refractivity contribution in [2.45, 2.75) is 39.4 Å². The number of hydrogen-bond acceptors (Lipinski definition) is 4. The highest BCUT2D eigenvalue weighted by atomic mass is 16.5. The fraction of sp³-hybridized carbons (Fsp3) is 0.333. The van der Waals surface area contributed by atoms with Crippen LogP contribution in [0.5, 0.6) is 5.75 Å². The Labute approximate surface area is 188 Å². The Hall–Kier alpha value is -3.18. The fourth-order valence-corrected chi connectivity index (χ4v) is 4.27. The Morgan fingerprint density at radius 1 is 1.03 bits per heavy atom. The van der Waals surface area contributed by atoms with Gasteiger partial charge in [-0.3, -0.25) is 9.59 Å². The van der Waals surface area contributed by atoms with Gasteiger partial charge in [-0.1, -0.05) is 63.2 Å². The molecule has 1 amide bonds. The van der Waals surface area contributed by atoms with E-state index in [0.717, 1.165) is 27.6 Å². The number of methoxy groups -OCH3 is 1. The SMILES string of the molecule is COc1ccc2c(c1)[C@H](c1cccc3ccccc13)O[C@@H](C[C]=O)C(=O)N2CC(C)(C)C. The molecular formula is C27H28NO4. The van der Waals surface area contributed by atoms with Crippen molar-refractivity contribution >= 4 is 28.7 Å². The molecule has 0 fully saturated rings. The van der Waals surface area contributed by atoms with Gasteiger partial charge in [0.15, 0.2) is 0 Å². The average Bonchev–Trinajstić information content (AvgIpc) is 2.88. The van der Waals surface area contributed by atoms with Gasteiger partial charge in [0.25, 0.3) is 5.91 Å². The number of amides is 1. The highest BCUT2D eigenvalue weighted by Crippen LogP contribution is 2.43. The number of carbonyl (C=O) groups is 1. The van der Waals surface area contributed by atoms with Crippen LogP contribution in [0, 0.1) is 5.41 Å². The van der Waals surface area contributed by atoms with Crippen LogP contribution in [-0.4, -0.2) is 32.0 Å². The lowest BCUT2D eigenvalue weighted by atomic mass is 9.92. The summed E-state index contributed by atoms with van der Waals surface area (Å²) in [4.78, 5) is 26.7. The second-order valence-corrected chi connectivity index (χ2v) is 9.33. The van der Waals surface area contributed by atoms with Crippen molar-refractivity contribution < 1.29 is 19.1 Å². The standard InChI is InChI=1S/C27H28NO4/c1-27(2,3)17-28-23-13-12-19(31-4)16-22(23)25(32-24(14-15-29)26(28)30)21-11-7-9-18-8-5-6-10-20(18)21/h5-13,16,24-25H,14,17H2,1-4H3/t24-,25-/m0/s1. The Morgan fingerprint density at radius 2 is 1.78 bits per heavy atom. The summed E-state index contributed by atoms with van der Waals surface area (Å²) in [5.74, 6) is 0.457. The number of hydrogen-bond donors (Lipinski definition) is 0. The molecule has 0 unspecified atom stereocenters. The maximum Gasteiger partial charge on any atom is 0.256 e. The van der Waals surface area contributed by atoms with Gasteiger partial charge in [-0.2, -0.15) is 0 Å². The second kappa shape index (κ2) is 8.75. The van der Waals surface area contributed by atoms with Gasteiger partial charge >= 0.3 is 0 Å². The zero-order valence-corrected chi connectivity index (χ0v) is 18.9. The predicted molar refractivity (Wildman–Crippen MR) is 126 cm³/mol. The first-order chi connectivity index (χ1) is 15.3. The summed E-state index contributed by atoms with van der Waals surface area (Å²) >= 11 is 0. The first-order valence-corrected chi connectivity index (χ1v) is 10.8. The van der Waals surface area contributed by atoms with Crippen LogP contribution in [0.1, 0.15) is 44.4 Å². The van der Waals surface area contributed by atoms with E-state index in [1.165, 1.54) is 0 Å². The average molecular weight is 431 g/mol. The maximum absolute atomic E-state index is 13.6. The molecular weight excluding hydrogens is 402 g/mol. The number of carbonyl (C=O) groups excluding carboxylic acids is 2. The summed E-state index contributed by atoms with van der Waals surface area (Å²) in [6.07, 6.45) is 0.309. The number of ether oxygens (including phenoxy) is 2. The Bertz CT molecular complexity index is 1140. The van der Waals surface area contributed by atoms with Crippen molar-refractivity contribution in [3.63, 3.8) is 0 Å². The Kier molecular flexibility index (Phi) is 6.02. The van der Waals surface area contributed by atoms with Crippen LogP contribution in [0.3, 0.4) is 0 Å². The van der Waals surface area contributed by atoms with Gasteiger partial charge in [0, 0.05) is 18.5 Å². The molecule has 0 spiro atoms. The molecule has 3 aromatic carbocycles. The normalized spacial score (nSPS) is 18.9. The van der Waals surface area contributed by atoms with E-state index in [4.69, 9.17) is 9.47 Å². The smallest absolute Gasteiger partial charge is 0.256 e. The van der Waals surface area contributed by atoms with Gasteiger partial charge in [0.2, 0.25) is 6.29 Å². The molecule has 2 atom stereocenters.